The highest BCUT2D eigenvalue weighted by atomic mass is 19.1. The minimum absolute atomic E-state index is 0.110. The zero-order valence-corrected chi connectivity index (χ0v) is 15.0. The van der Waals surface area contributed by atoms with Gasteiger partial charge in [-0.05, 0) is 37.1 Å². The fourth-order valence-electron chi connectivity index (χ4n) is 3.53. The Kier molecular flexibility index (Phi) is 4.66. The molecule has 2 aromatic heterocycles. The number of benzene rings is 1. The highest BCUT2D eigenvalue weighted by molar-refractivity contribution is 5.94. The molecule has 0 bridgehead atoms. The smallest absolute Gasteiger partial charge is 0.254 e. The quantitative estimate of drug-likeness (QED) is 0.711. The van der Waals surface area contributed by atoms with E-state index < -0.39 is 0 Å². The van der Waals surface area contributed by atoms with Gasteiger partial charge in [0, 0.05) is 30.9 Å². The van der Waals surface area contributed by atoms with Crippen LogP contribution in [0.4, 0.5) is 4.39 Å². The minimum Gasteiger partial charge on any atom is -0.330 e. The van der Waals surface area contributed by atoms with E-state index in [2.05, 4.69) is 9.97 Å². The highest BCUT2D eigenvalue weighted by Gasteiger charge is 2.32. The van der Waals surface area contributed by atoms with Crippen molar-refractivity contribution >= 4 is 5.91 Å². The molecule has 1 aliphatic heterocycles. The van der Waals surface area contributed by atoms with Gasteiger partial charge in [0.1, 0.15) is 11.6 Å². The Morgan fingerprint density at radius 3 is 2.85 bits per heavy atom. The van der Waals surface area contributed by atoms with Gasteiger partial charge in [0.05, 0.1) is 24.1 Å². The van der Waals surface area contributed by atoms with Crippen LogP contribution in [-0.4, -0.2) is 36.9 Å². The molecular weight excluding hydrogens is 345 g/mol. The van der Waals surface area contributed by atoms with Gasteiger partial charge >= 0.3 is 0 Å². The molecule has 6 nitrogen and oxygen atoms in total. The van der Waals surface area contributed by atoms with Crippen LogP contribution in [0.1, 0.15) is 47.7 Å². The molecule has 1 unspecified atom stereocenters. The molecule has 1 aromatic carbocycles. The summed E-state index contributed by atoms with van der Waals surface area (Å²) in [6, 6.07) is 5.53. The lowest BCUT2D eigenvalue weighted by Gasteiger charge is -2.24. The summed E-state index contributed by atoms with van der Waals surface area (Å²) in [7, 11) is 0. The van der Waals surface area contributed by atoms with Crippen LogP contribution in [0.15, 0.2) is 49.1 Å². The zero-order chi connectivity index (χ0) is 18.8. The third-order valence-electron chi connectivity index (χ3n) is 4.87. The van der Waals surface area contributed by atoms with Crippen LogP contribution < -0.4 is 0 Å². The molecule has 138 valence electrons. The predicted octanol–water partition coefficient (Wildman–Crippen LogP) is 3.34. The molecule has 0 N–H and O–H groups in total. The van der Waals surface area contributed by atoms with E-state index in [1.54, 1.807) is 23.5 Å². The number of rotatable bonds is 4. The first-order valence-electron chi connectivity index (χ1n) is 9.08. The van der Waals surface area contributed by atoms with E-state index in [1.165, 1.54) is 24.3 Å². The van der Waals surface area contributed by atoms with Gasteiger partial charge in [-0.2, -0.15) is 0 Å². The average molecular weight is 365 g/mol. The van der Waals surface area contributed by atoms with Crippen molar-refractivity contribution < 1.29 is 9.18 Å². The van der Waals surface area contributed by atoms with Crippen LogP contribution in [0.25, 0.3) is 5.82 Å². The van der Waals surface area contributed by atoms with Crippen LogP contribution >= 0.6 is 0 Å². The van der Waals surface area contributed by atoms with Gasteiger partial charge in [-0.1, -0.05) is 6.92 Å². The fraction of sp³-hybridized carbons (Fsp3) is 0.300. The maximum Gasteiger partial charge on any atom is 0.254 e. The number of aromatic nitrogens is 4. The monoisotopic (exact) mass is 365 g/mol. The Bertz CT molecular complexity index is 953. The van der Waals surface area contributed by atoms with Gasteiger partial charge in [0.2, 0.25) is 0 Å². The zero-order valence-electron chi connectivity index (χ0n) is 15.0. The lowest BCUT2D eigenvalue weighted by molar-refractivity contribution is 0.0732. The number of carbonyl (C=O) groups excluding carboxylic acids is 1. The molecule has 0 spiro atoms. The summed E-state index contributed by atoms with van der Waals surface area (Å²) < 4.78 is 15.1. The number of hydrogen-bond acceptors (Lipinski definition) is 4. The van der Waals surface area contributed by atoms with Crippen LogP contribution in [0.3, 0.4) is 0 Å². The molecular formula is C20H20FN5O. The molecule has 0 aliphatic carbocycles. The third kappa shape index (κ3) is 3.32. The van der Waals surface area contributed by atoms with Crippen molar-refractivity contribution in [3.8, 4) is 5.82 Å². The lowest BCUT2D eigenvalue weighted by atomic mass is 10.1. The first kappa shape index (κ1) is 17.3. The molecule has 1 aliphatic rings. The summed E-state index contributed by atoms with van der Waals surface area (Å²) in [5.74, 6) is 1.15. The van der Waals surface area contributed by atoms with E-state index in [0.717, 1.165) is 30.8 Å². The topological polar surface area (TPSA) is 63.9 Å². The first-order chi connectivity index (χ1) is 13.2. The molecule has 3 aromatic rings. The standard InChI is InChI=1S/C20H20FN5O/c1-2-18-23-9-11-26(18)19-13-22-12-16(24-19)17-4-3-10-25(17)20(27)14-5-7-15(21)8-6-14/h5-9,11-13,17H,2-4,10H2,1H3. The second-order valence-electron chi connectivity index (χ2n) is 6.53. The number of carbonyl (C=O) groups is 1. The van der Waals surface area contributed by atoms with E-state index in [9.17, 15) is 9.18 Å². The summed E-state index contributed by atoms with van der Waals surface area (Å²) in [6.45, 7) is 2.69. The maximum atomic E-state index is 13.2. The van der Waals surface area contributed by atoms with Crippen LogP contribution in [0.2, 0.25) is 0 Å². The van der Waals surface area contributed by atoms with Gasteiger partial charge in [-0.15, -0.1) is 0 Å². The Labute approximate surface area is 156 Å². The second kappa shape index (κ2) is 7.26. The van der Waals surface area contributed by atoms with Gasteiger partial charge in [0.25, 0.3) is 5.91 Å². The summed E-state index contributed by atoms with van der Waals surface area (Å²) in [4.78, 5) is 28.1. The number of nitrogens with zero attached hydrogens (tertiary/aromatic N) is 5. The van der Waals surface area contributed by atoms with Crippen molar-refractivity contribution in [3.63, 3.8) is 0 Å². The summed E-state index contributed by atoms with van der Waals surface area (Å²) in [6.07, 6.45) is 9.54. The summed E-state index contributed by atoms with van der Waals surface area (Å²) >= 11 is 0. The molecule has 0 saturated carbocycles. The number of hydrogen-bond donors (Lipinski definition) is 0. The number of imidazole rings is 1. The van der Waals surface area contributed by atoms with Crippen molar-refractivity contribution in [1.29, 1.82) is 0 Å². The van der Waals surface area contributed by atoms with Crippen LogP contribution in [-0.2, 0) is 6.42 Å². The molecule has 7 heteroatoms. The van der Waals surface area contributed by atoms with Crippen LogP contribution in [0, 0.1) is 5.82 Å². The summed E-state index contributed by atoms with van der Waals surface area (Å²) in [5.41, 5.74) is 1.24. The normalized spacial score (nSPS) is 16.7. The summed E-state index contributed by atoms with van der Waals surface area (Å²) in [5, 5.41) is 0. The molecule has 1 amide bonds. The van der Waals surface area contributed by atoms with Crippen molar-refractivity contribution in [1.82, 2.24) is 24.4 Å². The van der Waals surface area contributed by atoms with Crippen molar-refractivity contribution in [2.45, 2.75) is 32.2 Å². The molecule has 27 heavy (non-hydrogen) atoms. The van der Waals surface area contributed by atoms with Crippen molar-refractivity contribution in [2.24, 2.45) is 0 Å². The number of amides is 1. The van der Waals surface area contributed by atoms with E-state index in [0.29, 0.717) is 17.9 Å². The van der Waals surface area contributed by atoms with Gasteiger partial charge < -0.3 is 4.90 Å². The second-order valence-corrected chi connectivity index (χ2v) is 6.53. The van der Waals surface area contributed by atoms with Gasteiger partial charge in [-0.3, -0.25) is 14.3 Å². The van der Waals surface area contributed by atoms with E-state index in [4.69, 9.17) is 4.98 Å². The maximum absolute atomic E-state index is 13.2. The minimum atomic E-state index is -0.352. The average Bonchev–Trinajstić information content (AvgIpc) is 3.37. The fourth-order valence-corrected chi connectivity index (χ4v) is 3.53. The Balaban J connectivity index is 1.63. The Hall–Kier alpha value is -3.09. The third-order valence-corrected chi connectivity index (χ3v) is 4.87. The predicted molar refractivity (Wildman–Crippen MR) is 97.9 cm³/mol. The Morgan fingerprint density at radius 1 is 1.26 bits per heavy atom. The van der Waals surface area contributed by atoms with E-state index in [1.807, 2.05) is 17.7 Å². The van der Waals surface area contributed by atoms with Crippen molar-refractivity contribution in [2.75, 3.05) is 6.54 Å². The number of halogens is 1. The van der Waals surface area contributed by atoms with Gasteiger partial charge in [-0.25, -0.2) is 14.4 Å². The molecule has 0 radical (unpaired) electrons. The Morgan fingerprint density at radius 2 is 2.07 bits per heavy atom. The molecule has 3 heterocycles. The lowest BCUT2D eigenvalue weighted by Crippen LogP contribution is -2.31. The van der Waals surface area contributed by atoms with Crippen molar-refractivity contribution in [3.05, 3.63) is 72.0 Å². The number of aryl methyl sites for hydroxylation is 1. The first-order valence-corrected chi connectivity index (χ1v) is 9.08. The number of likely N-dealkylation sites (tertiary alicyclic amines) is 1. The SMILES string of the molecule is CCc1nccn1-c1cncc(C2CCCN2C(=O)c2ccc(F)cc2)n1. The van der Waals surface area contributed by atoms with Crippen LogP contribution in [0.5, 0.6) is 0 Å². The largest absolute Gasteiger partial charge is 0.330 e. The molecule has 1 atom stereocenters. The van der Waals surface area contributed by atoms with Gasteiger partial charge in [0.15, 0.2) is 5.82 Å². The molecule has 1 fully saturated rings. The van der Waals surface area contributed by atoms with E-state index in [-0.39, 0.29) is 17.8 Å². The highest BCUT2D eigenvalue weighted by Crippen LogP contribution is 2.32. The molecule has 1 saturated heterocycles. The van der Waals surface area contributed by atoms with E-state index >= 15 is 0 Å². The molecule has 4 rings (SSSR count).